The molecule has 0 fully saturated rings. The van der Waals surface area contributed by atoms with Crippen molar-refractivity contribution in [3.8, 4) is 0 Å². The molecule has 0 rings (SSSR count). The highest BCUT2D eigenvalue weighted by atomic mass is 19.4. The van der Waals surface area contributed by atoms with Gasteiger partial charge in [0, 0.05) is 2.74 Å². The average Bonchev–Trinajstić information content (AvgIpc) is 1.52. The van der Waals surface area contributed by atoms with E-state index in [2.05, 4.69) is 0 Å². The van der Waals surface area contributed by atoms with Crippen LogP contribution >= 0.6 is 0 Å². The lowest BCUT2D eigenvalue weighted by molar-refractivity contribution is -0.213. The number of alkyl halides is 3. The van der Waals surface area contributed by atoms with Crippen LogP contribution < -0.4 is 0 Å². The Balaban J connectivity index is 4.44. The van der Waals surface area contributed by atoms with E-state index in [1.807, 2.05) is 0 Å². The molecule has 0 aromatic carbocycles. The van der Waals surface area contributed by atoms with E-state index in [1.54, 1.807) is 0 Å². The van der Waals surface area contributed by atoms with Gasteiger partial charge in [-0.25, -0.2) is 0 Å². The molecule has 0 unspecified atom stereocenters. The molecule has 0 amide bonds. The van der Waals surface area contributed by atoms with E-state index in [4.69, 9.17) is 2.74 Å². The van der Waals surface area contributed by atoms with Gasteiger partial charge in [0.25, 0.3) is 0 Å². The van der Waals surface area contributed by atoms with Gasteiger partial charge in [0.05, 0.1) is 5.41 Å². The first-order valence-electron chi connectivity index (χ1n) is 4.02. The lowest BCUT2D eigenvalue weighted by atomic mass is 9.87. The highest BCUT2D eigenvalue weighted by Gasteiger charge is 2.45. The van der Waals surface area contributed by atoms with Crippen molar-refractivity contribution in [2.45, 2.75) is 39.7 Å². The molecule has 3 heteroatoms. The van der Waals surface area contributed by atoms with Crippen LogP contribution in [-0.4, -0.2) is 6.18 Å². The van der Waals surface area contributed by atoms with Gasteiger partial charge in [-0.2, -0.15) is 13.2 Å². The Morgan fingerprint density at radius 1 is 1.30 bits per heavy atom. The highest BCUT2D eigenvalue weighted by Crippen LogP contribution is 2.40. The number of hydrogen-bond acceptors (Lipinski definition) is 0. The zero-order chi connectivity index (χ0) is 10.2. The van der Waals surface area contributed by atoms with Crippen molar-refractivity contribution in [2.24, 2.45) is 5.41 Å². The highest BCUT2D eigenvalue weighted by molar-refractivity contribution is 4.75. The average molecular weight is 156 g/mol. The van der Waals surface area contributed by atoms with Gasteiger partial charge < -0.3 is 0 Å². The quantitative estimate of drug-likeness (QED) is 0.575. The van der Waals surface area contributed by atoms with Crippen LogP contribution in [0.5, 0.6) is 0 Å². The second-order valence-electron chi connectivity index (χ2n) is 2.91. The van der Waals surface area contributed by atoms with Crippen LogP contribution in [0.25, 0.3) is 0 Å². The standard InChI is InChI=1S/C7H13F3/c1-4-5-6(2,3)7(8,9)10/h4-5H2,1-3H3/i4D2. The smallest absolute Gasteiger partial charge is 0.171 e. The molecule has 0 saturated heterocycles. The second kappa shape index (κ2) is 2.81. The molecule has 0 N–H and O–H groups in total. The van der Waals surface area contributed by atoms with Gasteiger partial charge in [0.2, 0.25) is 0 Å². The lowest BCUT2D eigenvalue weighted by Gasteiger charge is -2.26. The van der Waals surface area contributed by atoms with Crippen molar-refractivity contribution in [1.82, 2.24) is 0 Å². The van der Waals surface area contributed by atoms with Crippen LogP contribution in [0.15, 0.2) is 0 Å². The Hall–Kier alpha value is -0.210. The molecule has 0 aliphatic rings. The van der Waals surface area contributed by atoms with Crippen molar-refractivity contribution in [3.05, 3.63) is 0 Å². The Labute approximate surface area is 62.2 Å². The zero-order valence-corrected chi connectivity index (χ0v) is 6.34. The zero-order valence-electron chi connectivity index (χ0n) is 8.34. The summed E-state index contributed by atoms with van der Waals surface area (Å²) in [5.74, 6) is 0. The minimum Gasteiger partial charge on any atom is -0.171 e. The third-order valence-corrected chi connectivity index (χ3v) is 1.39. The van der Waals surface area contributed by atoms with E-state index in [0.717, 1.165) is 20.8 Å². The van der Waals surface area contributed by atoms with Crippen molar-refractivity contribution in [2.75, 3.05) is 0 Å². The number of rotatable bonds is 2. The molecule has 0 radical (unpaired) electrons. The summed E-state index contributed by atoms with van der Waals surface area (Å²) in [5.41, 5.74) is -1.95. The molecule has 0 heterocycles. The largest absolute Gasteiger partial charge is 0.393 e. The molecule has 0 bridgehead atoms. The molecule has 0 nitrogen and oxygen atoms in total. The first kappa shape index (κ1) is 6.50. The molecule has 0 saturated carbocycles. The predicted octanol–water partition coefficient (Wildman–Crippen LogP) is 3.38. The van der Waals surface area contributed by atoms with Crippen molar-refractivity contribution in [1.29, 1.82) is 0 Å². The fourth-order valence-corrected chi connectivity index (χ4v) is 0.542. The maximum Gasteiger partial charge on any atom is 0.393 e. The molecule has 0 atom stereocenters. The van der Waals surface area contributed by atoms with Gasteiger partial charge in [0.15, 0.2) is 0 Å². The number of hydrogen-bond donors (Lipinski definition) is 0. The third-order valence-electron chi connectivity index (χ3n) is 1.39. The SMILES string of the molecule is [2H]C([2H])(C)CC(C)(C)C(F)(F)F. The van der Waals surface area contributed by atoms with E-state index in [9.17, 15) is 13.2 Å². The van der Waals surface area contributed by atoms with Gasteiger partial charge in [-0.1, -0.05) is 27.1 Å². The van der Waals surface area contributed by atoms with Gasteiger partial charge in [-0.3, -0.25) is 0 Å². The minimum atomic E-state index is -4.34. The van der Waals surface area contributed by atoms with E-state index in [1.165, 1.54) is 0 Å². The van der Waals surface area contributed by atoms with Crippen LogP contribution in [0.1, 0.15) is 36.3 Å². The maximum atomic E-state index is 12.2. The van der Waals surface area contributed by atoms with Gasteiger partial charge in [0.1, 0.15) is 0 Å². The first-order valence-corrected chi connectivity index (χ1v) is 3.02. The molecule has 0 aromatic heterocycles. The van der Waals surface area contributed by atoms with Crippen LogP contribution in [0.3, 0.4) is 0 Å². The van der Waals surface area contributed by atoms with Crippen LogP contribution in [0, 0.1) is 5.41 Å². The van der Waals surface area contributed by atoms with E-state index in [-0.39, 0.29) is 0 Å². The Bertz CT molecular complexity index is 155. The molecule has 0 aromatic rings. The van der Waals surface area contributed by atoms with E-state index in [0.29, 0.717) is 0 Å². The number of halogens is 3. The Kier molecular flexibility index (Phi) is 1.82. The van der Waals surface area contributed by atoms with Gasteiger partial charge >= 0.3 is 6.18 Å². The van der Waals surface area contributed by atoms with Crippen LogP contribution in [-0.2, 0) is 0 Å². The summed E-state index contributed by atoms with van der Waals surface area (Å²) in [6.45, 7) is 3.17. The predicted molar refractivity (Wildman–Crippen MR) is 34.7 cm³/mol. The molecule has 10 heavy (non-hydrogen) atoms. The molecule has 0 aliphatic heterocycles. The Morgan fingerprint density at radius 3 is 1.80 bits per heavy atom. The first-order chi connectivity index (χ1) is 4.96. The summed E-state index contributed by atoms with van der Waals surface area (Å²) in [6, 6.07) is 0. The molecular weight excluding hydrogens is 141 g/mol. The maximum absolute atomic E-state index is 12.2. The normalized spacial score (nSPS) is 18.2. The fraction of sp³-hybridized carbons (Fsp3) is 1.00. The summed E-state index contributed by atoms with van der Waals surface area (Å²) < 4.78 is 50.7. The monoisotopic (exact) mass is 156 g/mol. The van der Waals surface area contributed by atoms with Crippen LogP contribution in [0.4, 0.5) is 13.2 Å². The van der Waals surface area contributed by atoms with Gasteiger partial charge in [-0.15, -0.1) is 0 Å². The van der Waals surface area contributed by atoms with Gasteiger partial charge in [-0.05, 0) is 6.42 Å². The summed E-state index contributed by atoms with van der Waals surface area (Å²) in [5, 5.41) is 0. The lowest BCUT2D eigenvalue weighted by Crippen LogP contribution is -2.31. The fourth-order valence-electron chi connectivity index (χ4n) is 0.542. The summed E-state index contributed by atoms with van der Waals surface area (Å²) in [4.78, 5) is 0. The molecule has 0 aliphatic carbocycles. The topological polar surface area (TPSA) is 0 Å². The molecule has 0 spiro atoms. The summed E-state index contributed by atoms with van der Waals surface area (Å²) >= 11 is 0. The minimum absolute atomic E-state index is 0.510. The molecule has 62 valence electrons. The van der Waals surface area contributed by atoms with Crippen molar-refractivity contribution < 1.29 is 15.9 Å². The Morgan fingerprint density at radius 2 is 1.70 bits per heavy atom. The third kappa shape index (κ3) is 2.20. The van der Waals surface area contributed by atoms with Crippen molar-refractivity contribution >= 4 is 0 Å². The summed E-state index contributed by atoms with van der Waals surface area (Å²) in [6.07, 6.45) is -6.63. The van der Waals surface area contributed by atoms with E-state index < -0.39 is 24.4 Å². The van der Waals surface area contributed by atoms with E-state index >= 15 is 0 Å². The van der Waals surface area contributed by atoms with Crippen molar-refractivity contribution in [3.63, 3.8) is 0 Å². The second-order valence-corrected chi connectivity index (χ2v) is 2.91. The summed E-state index contributed by atoms with van der Waals surface area (Å²) in [7, 11) is 0. The van der Waals surface area contributed by atoms with Crippen LogP contribution in [0.2, 0.25) is 0 Å². The molecular formula is C7H13F3.